The number of carbonyl (C=O) groups is 1. The van der Waals surface area contributed by atoms with Crippen molar-refractivity contribution in [2.24, 2.45) is 5.92 Å². The van der Waals surface area contributed by atoms with E-state index in [4.69, 9.17) is 16.3 Å². The Kier molecular flexibility index (Phi) is 4.21. The number of Topliss-reactive ketones (excluding diaryl/α,β-unsaturated/α-hetero) is 1. The predicted molar refractivity (Wildman–Crippen MR) is 72.0 cm³/mol. The van der Waals surface area contributed by atoms with E-state index in [1.54, 1.807) is 6.07 Å². The van der Waals surface area contributed by atoms with E-state index in [-0.39, 0.29) is 11.7 Å². The van der Waals surface area contributed by atoms with E-state index in [0.717, 1.165) is 22.0 Å². The molecule has 1 heterocycles. The molecule has 16 heavy (non-hydrogen) atoms. The zero-order valence-electron chi connectivity index (χ0n) is 8.71. The summed E-state index contributed by atoms with van der Waals surface area (Å²) in [6.45, 7) is 1.38. The van der Waals surface area contributed by atoms with Gasteiger partial charge in [0.05, 0.1) is 0 Å². The molecule has 0 unspecified atom stereocenters. The molecule has 0 amide bonds. The summed E-state index contributed by atoms with van der Waals surface area (Å²) < 4.78 is 6.23. The first-order chi connectivity index (χ1) is 7.68. The van der Waals surface area contributed by atoms with Crippen molar-refractivity contribution in [2.45, 2.75) is 12.8 Å². The summed E-state index contributed by atoms with van der Waals surface area (Å²) in [6.07, 6.45) is 1.64. The van der Waals surface area contributed by atoms with Crippen molar-refractivity contribution >= 4 is 40.0 Å². The first-order valence-corrected chi connectivity index (χ1v) is 6.71. The van der Waals surface area contributed by atoms with E-state index < -0.39 is 0 Å². The maximum absolute atomic E-state index is 12.3. The van der Waals surface area contributed by atoms with Crippen LogP contribution in [0.3, 0.4) is 0 Å². The molecule has 0 spiro atoms. The molecule has 1 aromatic rings. The van der Waals surface area contributed by atoms with E-state index in [2.05, 4.69) is 22.6 Å². The first-order valence-electron chi connectivity index (χ1n) is 5.25. The average molecular weight is 351 g/mol. The smallest absolute Gasteiger partial charge is 0.167 e. The Morgan fingerprint density at radius 1 is 1.38 bits per heavy atom. The molecule has 0 saturated carbocycles. The summed E-state index contributed by atoms with van der Waals surface area (Å²) >= 11 is 8.10. The fraction of sp³-hybridized carbons (Fsp3) is 0.417. The molecule has 1 fully saturated rings. The monoisotopic (exact) mass is 350 g/mol. The lowest BCUT2D eigenvalue weighted by atomic mass is 9.91. The number of ketones is 1. The standard InChI is InChI=1S/C12H12ClIO2/c13-9-1-2-11(14)10(7-9)12(15)8-3-5-16-6-4-8/h1-2,7-8H,3-6H2. The second-order valence-electron chi connectivity index (χ2n) is 3.88. The summed E-state index contributed by atoms with van der Waals surface area (Å²) in [4.78, 5) is 12.3. The van der Waals surface area contributed by atoms with Crippen molar-refractivity contribution in [1.29, 1.82) is 0 Å². The number of ether oxygens (including phenoxy) is 1. The number of carbonyl (C=O) groups excluding carboxylic acids is 1. The normalized spacial score (nSPS) is 17.4. The molecule has 0 atom stereocenters. The maximum atomic E-state index is 12.3. The minimum absolute atomic E-state index is 0.0979. The van der Waals surface area contributed by atoms with Gasteiger partial charge in [-0.3, -0.25) is 4.79 Å². The van der Waals surface area contributed by atoms with Crippen molar-refractivity contribution in [3.05, 3.63) is 32.4 Å². The van der Waals surface area contributed by atoms with Gasteiger partial charge in [0.15, 0.2) is 5.78 Å². The number of hydrogen-bond donors (Lipinski definition) is 0. The Morgan fingerprint density at radius 2 is 2.06 bits per heavy atom. The van der Waals surface area contributed by atoms with Crippen LogP contribution in [0.4, 0.5) is 0 Å². The van der Waals surface area contributed by atoms with Crippen LogP contribution in [0.25, 0.3) is 0 Å². The minimum atomic E-state index is 0.0979. The Bertz CT molecular complexity index is 400. The molecule has 0 bridgehead atoms. The van der Waals surface area contributed by atoms with Crippen LogP contribution < -0.4 is 0 Å². The number of benzene rings is 1. The SMILES string of the molecule is O=C(c1cc(Cl)ccc1I)C1CCOCC1. The third-order valence-corrected chi connectivity index (χ3v) is 3.96. The molecule has 2 nitrogen and oxygen atoms in total. The lowest BCUT2D eigenvalue weighted by Gasteiger charge is -2.21. The molecule has 2 rings (SSSR count). The van der Waals surface area contributed by atoms with E-state index in [1.807, 2.05) is 12.1 Å². The molecule has 0 aliphatic carbocycles. The van der Waals surface area contributed by atoms with Gasteiger partial charge in [-0.15, -0.1) is 0 Å². The van der Waals surface area contributed by atoms with Gasteiger partial charge in [0.25, 0.3) is 0 Å². The van der Waals surface area contributed by atoms with E-state index in [9.17, 15) is 4.79 Å². The van der Waals surface area contributed by atoms with Gasteiger partial charge in [-0.25, -0.2) is 0 Å². The first kappa shape index (κ1) is 12.3. The topological polar surface area (TPSA) is 26.3 Å². The summed E-state index contributed by atoms with van der Waals surface area (Å²) in [6, 6.07) is 5.46. The Morgan fingerprint density at radius 3 is 2.75 bits per heavy atom. The van der Waals surface area contributed by atoms with Crippen molar-refractivity contribution in [3.8, 4) is 0 Å². The molecule has 4 heteroatoms. The highest BCUT2D eigenvalue weighted by Crippen LogP contribution is 2.25. The van der Waals surface area contributed by atoms with Crippen LogP contribution in [0.1, 0.15) is 23.2 Å². The molecule has 1 saturated heterocycles. The van der Waals surface area contributed by atoms with Crippen LogP contribution in [-0.2, 0) is 4.74 Å². The van der Waals surface area contributed by atoms with Gasteiger partial charge in [-0.1, -0.05) is 11.6 Å². The second-order valence-corrected chi connectivity index (χ2v) is 5.47. The molecule has 86 valence electrons. The molecule has 1 aliphatic rings. The van der Waals surface area contributed by atoms with Crippen molar-refractivity contribution < 1.29 is 9.53 Å². The van der Waals surface area contributed by atoms with Crippen LogP contribution in [0.2, 0.25) is 5.02 Å². The number of rotatable bonds is 2. The van der Waals surface area contributed by atoms with Gasteiger partial charge in [0.1, 0.15) is 0 Å². The Hall–Kier alpha value is -0.130. The quantitative estimate of drug-likeness (QED) is 0.602. The largest absolute Gasteiger partial charge is 0.381 e. The number of halogens is 2. The van der Waals surface area contributed by atoms with Crippen molar-refractivity contribution in [3.63, 3.8) is 0 Å². The summed E-state index contributed by atoms with van der Waals surface area (Å²) in [5.74, 6) is 0.302. The average Bonchev–Trinajstić information content (AvgIpc) is 2.32. The van der Waals surface area contributed by atoms with Crippen LogP contribution in [0.15, 0.2) is 18.2 Å². The van der Waals surface area contributed by atoms with Crippen LogP contribution in [-0.4, -0.2) is 19.0 Å². The van der Waals surface area contributed by atoms with Crippen LogP contribution in [0.5, 0.6) is 0 Å². The van der Waals surface area contributed by atoms with Gasteiger partial charge in [0, 0.05) is 33.3 Å². The molecular weight excluding hydrogens is 338 g/mol. The molecule has 0 aromatic heterocycles. The van der Waals surface area contributed by atoms with Gasteiger partial charge < -0.3 is 4.74 Å². The molecule has 1 aliphatic heterocycles. The zero-order chi connectivity index (χ0) is 11.5. The summed E-state index contributed by atoms with van der Waals surface area (Å²) in [7, 11) is 0. The zero-order valence-corrected chi connectivity index (χ0v) is 11.6. The fourth-order valence-corrected chi connectivity index (χ4v) is 2.64. The number of hydrogen-bond acceptors (Lipinski definition) is 2. The van der Waals surface area contributed by atoms with Crippen LogP contribution >= 0.6 is 34.2 Å². The lowest BCUT2D eigenvalue weighted by Crippen LogP contribution is -2.24. The minimum Gasteiger partial charge on any atom is -0.381 e. The molecule has 0 N–H and O–H groups in total. The van der Waals surface area contributed by atoms with E-state index in [1.165, 1.54) is 0 Å². The Balaban J connectivity index is 2.22. The van der Waals surface area contributed by atoms with Gasteiger partial charge >= 0.3 is 0 Å². The van der Waals surface area contributed by atoms with E-state index in [0.29, 0.717) is 18.2 Å². The highest BCUT2D eigenvalue weighted by atomic mass is 127. The third-order valence-electron chi connectivity index (χ3n) is 2.79. The lowest BCUT2D eigenvalue weighted by molar-refractivity contribution is 0.0544. The van der Waals surface area contributed by atoms with Gasteiger partial charge in [-0.05, 0) is 53.6 Å². The maximum Gasteiger partial charge on any atom is 0.167 e. The highest BCUT2D eigenvalue weighted by molar-refractivity contribution is 14.1. The highest BCUT2D eigenvalue weighted by Gasteiger charge is 2.24. The van der Waals surface area contributed by atoms with Gasteiger partial charge in [-0.2, -0.15) is 0 Å². The third kappa shape index (κ3) is 2.76. The molecule has 0 radical (unpaired) electrons. The fourth-order valence-electron chi connectivity index (χ4n) is 1.87. The molecule has 1 aromatic carbocycles. The Labute approximate surface area is 113 Å². The predicted octanol–water partition coefficient (Wildman–Crippen LogP) is 3.55. The van der Waals surface area contributed by atoms with Gasteiger partial charge in [0.2, 0.25) is 0 Å². The second kappa shape index (κ2) is 5.47. The van der Waals surface area contributed by atoms with E-state index >= 15 is 0 Å². The van der Waals surface area contributed by atoms with Crippen molar-refractivity contribution in [1.82, 2.24) is 0 Å². The summed E-state index contributed by atoms with van der Waals surface area (Å²) in [5.41, 5.74) is 0.750. The summed E-state index contributed by atoms with van der Waals surface area (Å²) in [5, 5.41) is 0.621. The molecular formula is C12H12ClIO2. The van der Waals surface area contributed by atoms with Crippen molar-refractivity contribution in [2.75, 3.05) is 13.2 Å². The van der Waals surface area contributed by atoms with Crippen LogP contribution in [0, 0.1) is 9.49 Å².